The lowest BCUT2D eigenvalue weighted by molar-refractivity contribution is -0.156. The van der Waals surface area contributed by atoms with Crippen molar-refractivity contribution in [2.75, 3.05) is 0 Å². The summed E-state index contributed by atoms with van der Waals surface area (Å²) in [6.45, 7) is 9.88. The number of hydrogen-bond donors (Lipinski definition) is 1. The van der Waals surface area contributed by atoms with Crippen molar-refractivity contribution in [1.29, 1.82) is 0 Å². The quantitative estimate of drug-likeness (QED) is 0.0898. The summed E-state index contributed by atoms with van der Waals surface area (Å²) in [6.07, 6.45) is 1.91. The van der Waals surface area contributed by atoms with Crippen LogP contribution in [0.5, 0.6) is 5.75 Å². The van der Waals surface area contributed by atoms with Crippen LogP contribution in [0.1, 0.15) is 103 Å². The first kappa shape index (κ1) is 34.1. The van der Waals surface area contributed by atoms with Crippen molar-refractivity contribution in [2.24, 2.45) is 4.99 Å². The van der Waals surface area contributed by atoms with Crippen molar-refractivity contribution in [2.45, 2.75) is 116 Å². The average Bonchev–Trinajstić information content (AvgIpc) is 3.30. The van der Waals surface area contributed by atoms with E-state index in [1.807, 2.05) is 48.5 Å². The van der Waals surface area contributed by atoms with Crippen molar-refractivity contribution >= 4 is 23.8 Å². The first-order valence-corrected chi connectivity index (χ1v) is 16.0. The van der Waals surface area contributed by atoms with E-state index in [0.29, 0.717) is 44.4 Å². The molecule has 0 unspecified atom stereocenters. The lowest BCUT2D eigenvalue weighted by atomic mass is 9.83. The molecule has 45 heavy (non-hydrogen) atoms. The Hall–Kier alpha value is -3.78. The Balaban J connectivity index is 1.70. The van der Waals surface area contributed by atoms with Crippen molar-refractivity contribution in [1.82, 2.24) is 4.57 Å². The molecule has 1 atom stereocenters. The number of aliphatic imine (C=N–C) groups is 1. The highest BCUT2D eigenvalue weighted by atomic mass is 19.1. The molecular weight excluding hydrogens is 571 g/mol. The van der Waals surface area contributed by atoms with E-state index >= 15 is 0 Å². The number of benzene rings is 2. The van der Waals surface area contributed by atoms with Gasteiger partial charge in [-0.15, -0.1) is 0 Å². The fourth-order valence-electron chi connectivity index (χ4n) is 6.11. The minimum absolute atomic E-state index is 0.0461. The number of esters is 1. The number of carbonyl (C=O) groups is 2. The lowest BCUT2D eigenvalue weighted by Gasteiger charge is -2.28. The van der Waals surface area contributed by atoms with Gasteiger partial charge in [-0.05, 0) is 76.5 Å². The maximum absolute atomic E-state index is 14.3. The third-order valence-electron chi connectivity index (χ3n) is 7.99. The number of Topliss-reactive ketones (excluding diaryl/α,β-unsaturated/α-hetero) is 1. The molecule has 0 radical (unpaired) electrons. The summed E-state index contributed by atoms with van der Waals surface area (Å²) in [4.78, 5) is 29.3. The minimum Gasteiger partial charge on any atom is -0.460 e. The molecule has 7 nitrogen and oxygen atoms in total. The lowest BCUT2D eigenvalue weighted by Crippen LogP contribution is -2.26. The van der Waals surface area contributed by atoms with Gasteiger partial charge < -0.3 is 19.1 Å². The standard InChI is InChI=1S/C37H47FN2O5/c1-25(2)34-36(44-24-39-29-14-10-7-11-15-29)33(26-12-8-6-9-13-26)35(27-16-18-28(38)19-17-27)40(34)21-20-30(41)22-31(42)23-32(43)45-37(3,4)5/h6-15,24-25,27-28,30,41H,16-23H2,1-5H3/t27?,28?,30-/m1/s1. The average molecular weight is 619 g/mol. The molecule has 1 aliphatic rings. The monoisotopic (exact) mass is 618 g/mol. The predicted octanol–water partition coefficient (Wildman–Crippen LogP) is 8.46. The molecule has 0 amide bonds. The molecule has 0 spiro atoms. The molecule has 0 aliphatic heterocycles. The zero-order valence-electron chi connectivity index (χ0n) is 27.2. The van der Waals surface area contributed by atoms with Crippen molar-refractivity contribution in [3.63, 3.8) is 0 Å². The third kappa shape index (κ3) is 9.60. The second-order valence-corrected chi connectivity index (χ2v) is 13.2. The van der Waals surface area contributed by atoms with Gasteiger partial charge in [0.15, 0.2) is 12.2 Å². The number of para-hydroxylation sites is 1. The molecule has 2 aromatic carbocycles. The molecule has 4 rings (SSSR count). The zero-order chi connectivity index (χ0) is 32.6. The number of aliphatic hydroxyl groups excluding tert-OH is 1. The van der Waals surface area contributed by atoms with Gasteiger partial charge in [-0.3, -0.25) is 9.59 Å². The van der Waals surface area contributed by atoms with Gasteiger partial charge in [0.1, 0.15) is 24.0 Å². The highest BCUT2D eigenvalue weighted by Crippen LogP contribution is 2.48. The Morgan fingerprint density at radius 2 is 1.64 bits per heavy atom. The maximum Gasteiger partial charge on any atom is 0.313 e. The fourth-order valence-corrected chi connectivity index (χ4v) is 6.11. The van der Waals surface area contributed by atoms with Gasteiger partial charge in [0.25, 0.3) is 0 Å². The summed E-state index contributed by atoms with van der Waals surface area (Å²) < 4.78 is 28.3. The van der Waals surface area contributed by atoms with E-state index in [9.17, 15) is 19.1 Å². The zero-order valence-corrected chi connectivity index (χ0v) is 27.2. The van der Waals surface area contributed by atoms with E-state index in [0.717, 1.165) is 28.2 Å². The van der Waals surface area contributed by atoms with Crippen LogP contribution in [0, 0.1) is 0 Å². The molecule has 8 heteroatoms. The summed E-state index contributed by atoms with van der Waals surface area (Å²) in [5, 5.41) is 11.0. The van der Waals surface area contributed by atoms with Gasteiger partial charge in [0, 0.05) is 30.1 Å². The number of rotatable bonds is 13. The van der Waals surface area contributed by atoms with Crippen LogP contribution >= 0.6 is 0 Å². The number of aromatic nitrogens is 1. The van der Waals surface area contributed by atoms with Gasteiger partial charge in [0.2, 0.25) is 0 Å². The molecule has 1 aromatic heterocycles. The van der Waals surface area contributed by atoms with Gasteiger partial charge in [-0.1, -0.05) is 62.4 Å². The highest BCUT2D eigenvalue weighted by molar-refractivity contribution is 5.95. The van der Waals surface area contributed by atoms with Gasteiger partial charge in [0.05, 0.1) is 17.5 Å². The fraction of sp³-hybridized carbons (Fsp3) is 0.486. The number of ketones is 1. The van der Waals surface area contributed by atoms with Crippen molar-refractivity contribution in [3.8, 4) is 16.9 Å². The molecule has 1 saturated carbocycles. The van der Waals surface area contributed by atoms with E-state index in [2.05, 4.69) is 35.5 Å². The number of halogens is 1. The number of nitrogens with zero attached hydrogens (tertiary/aromatic N) is 2. The van der Waals surface area contributed by atoms with Crippen LogP contribution in [0.3, 0.4) is 0 Å². The van der Waals surface area contributed by atoms with Crippen molar-refractivity contribution < 1.29 is 28.6 Å². The number of alkyl halides is 1. The Bertz CT molecular complexity index is 1430. The smallest absolute Gasteiger partial charge is 0.313 e. The highest BCUT2D eigenvalue weighted by Gasteiger charge is 2.33. The molecule has 0 bridgehead atoms. The first-order valence-electron chi connectivity index (χ1n) is 16.0. The SMILES string of the molecule is CC(C)c1c(OC=Nc2ccccc2)c(-c2ccccc2)c(C2CCC(F)CC2)n1CC[C@@H](O)CC(=O)CC(=O)OC(C)(C)C. The Kier molecular flexibility index (Phi) is 11.7. The van der Waals surface area contributed by atoms with E-state index in [-0.39, 0.29) is 30.5 Å². The molecule has 1 aliphatic carbocycles. The second kappa shape index (κ2) is 15.5. The number of carbonyl (C=O) groups excluding carboxylic acids is 2. The van der Waals surface area contributed by atoms with Gasteiger partial charge in [-0.25, -0.2) is 9.38 Å². The predicted molar refractivity (Wildman–Crippen MR) is 176 cm³/mol. The molecule has 1 N–H and O–H groups in total. The van der Waals surface area contributed by atoms with Crippen LogP contribution in [-0.2, 0) is 20.9 Å². The Morgan fingerprint density at radius 1 is 1.02 bits per heavy atom. The van der Waals surface area contributed by atoms with E-state index < -0.39 is 23.8 Å². The summed E-state index contributed by atoms with van der Waals surface area (Å²) in [5.41, 5.74) is 4.05. The molecule has 0 saturated heterocycles. The Morgan fingerprint density at radius 3 is 2.24 bits per heavy atom. The number of ether oxygens (including phenoxy) is 2. The third-order valence-corrected chi connectivity index (χ3v) is 7.99. The normalized spacial score (nSPS) is 17.9. The van der Waals surface area contributed by atoms with E-state index in [1.165, 1.54) is 6.40 Å². The molecular formula is C37H47FN2O5. The molecule has 1 heterocycles. The van der Waals surface area contributed by atoms with Crippen LogP contribution in [0.25, 0.3) is 11.1 Å². The number of aliphatic hydroxyl groups is 1. The maximum atomic E-state index is 14.3. The topological polar surface area (TPSA) is 90.1 Å². The Labute approximate surface area is 266 Å². The van der Waals surface area contributed by atoms with Gasteiger partial charge >= 0.3 is 5.97 Å². The van der Waals surface area contributed by atoms with Crippen molar-refractivity contribution in [3.05, 3.63) is 72.1 Å². The molecule has 3 aromatic rings. The number of hydrogen-bond acceptors (Lipinski definition) is 6. The summed E-state index contributed by atoms with van der Waals surface area (Å²) in [6, 6.07) is 19.6. The van der Waals surface area contributed by atoms with Crippen LogP contribution in [0.15, 0.2) is 65.7 Å². The largest absolute Gasteiger partial charge is 0.460 e. The second-order valence-electron chi connectivity index (χ2n) is 13.2. The van der Waals surface area contributed by atoms with Crippen LogP contribution in [0.4, 0.5) is 10.1 Å². The van der Waals surface area contributed by atoms with Crippen LogP contribution in [0.2, 0.25) is 0 Å². The summed E-state index contributed by atoms with van der Waals surface area (Å²) in [7, 11) is 0. The van der Waals surface area contributed by atoms with Crippen LogP contribution < -0.4 is 4.74 Å². The van der Waals surface area contributed by atoms with E-state index in [4.69, 9.17) is 9.47 Å². The van der Waals surface area contributed by atoms with Gasteiger partial charge in [-0.2, -0.15) is 0 Å². The first-order chi connectivity index (χ1) is 21.4. The van der Waals surface area contributed by atoms with Crippen LogP contribution in [-0.4, -0.2) is 45.7 Å². The summed E-state index contributed by atoms with van der Waals surface area (Å²) in [5.74, 6) is -0.113. The minimum atomic E-state index is -0.944. The molecule has 1 fully saturated rings. The molecule has 242 valence electrons. The van der Waals surface area contributed by atoms with E-state index in [1.54, 1.807) is 20.8 Å². The summed E-state index contributed by atoms with van der Waals surface area (Å²) >= 11 is 0.